The lowest BCUT2D eigenvalue weighted by molar-refractivity contribution is 0.0705. The number of hydrogen-bond donors (Lipinski definition) is 2. The van der Waals surface area contributed by atoms with Crippen LogP contribution in [0.15, 0.2) is 22.7 Å². The highest BCUT2D eigenvalue weighted by atomic mass is 79.9. The standard InChI is InChI=1S/C12H19BrN2O2/c1-16-7-8-17-6-2-5-15-12-4-3-10(14)9-11(12)13/h3-4,9,15H,2,5-8,14H2,1H3. The van der Waals surface area contributed by atoms with E-state index in [4.69, 9.17) is 15.2 Å². The van der Waals surface area contributed by atoms with Crippen LogP contribution < -0.4 is 11.1 Å². The fraction of sp³-hybridized carbons (Fsp3) is 0.500. The van der Waals surface area contributed by atoms with Gasteiger partial charge in [0.05, 0.1) is 13.2 Å². The van der Waals surface area contributed by atoms with Gasteiger partial charge >= 0.3 is 0 Å². The number of rotatable bonds is 8. The summed E-state index contributed by atoms with van der Waals surface area (Å²) in [6.07, 6.45) is 0.959. The van der Waals surface area contributed by atoms with Gasteiger partial charge in [-0.1, -0.05) is 0 Å². The largest absolute Gasteiger partial charge is 0.399 e. The molecule has 0 spiro atoms. The molecule has 4 nitrogen and oxygen atoms in total. The minimum Gasteiger partial charge on any atom is -0.399 e. The number of benzene rings is 1. The van der Waals surface area contributed by atoms with Crippen molar-refractivity contribution in [1.29, 1.82) is 0 Å². The second-order valence-electron chi connectivity index (χ2n) is 3.62. The molecule has 0 atom stereocenters. The number of nitrogens with one attached hydrogen (secondary N) is 1. The molecule has 0 aliphatic heterocycles. The zero-order valence-corrected chi connectivity index (χ0v) is 11.6. The Balaban J connectivity index is 2.14. The summed E-state index contributed by atoms with van der Waals surface area (Å²) in [5.74, 6) is 0. The molecule has 0 saturated heterocycles. The van der Waals surface area contributed by atoms with Crippen LogP contribution in [-0.4, -0.2) is 33.5 Å². The topological polar surface area (TPSA) is 56.5 Å². The van der Waals surface area contributed by atoms with E-state index in [1.165, 1.54) is 0 Å². The molecule has 1 rings (SSSR count). The Morgan fingerprint density at radius 3 is 2.82 bits per heavy atom. The molecule has 0 radical (unpaired) electrons. The first-order valence-electron chi connectivity index (χ1n) is 5.59. The highest BCUT2D eigenvalue weighted by molar-refractivity contribution is 9.10. The predicted octanol–water partition coefficient (Wildman–Crippen LogP) is 2.50. The monoisotopic (exact) mass is 302 g/mol. The molecule has 0 fully saturated rings. The zero-order valence-electron chi connectivity index (χ0n) is 10.0. The van der Waals surface area contributed by atoms with Crippen LogP contribution in [-0.2, 0) is 9.47 Å². The van der Waals surface area contributed by atoms with Gasteiger partial charge in [0.1, 0.15) is 0 Å². The highest BCUT2D eigenvalue weighted by Crippen LogP contribution is 2.24. The molecule has 0 bridgehead atoms. The van der Waals surface area contributed by atoms with E-state index in [0.29, 0.717) is 13.2 Å². The van der Waals surface area contributed by atoms with E-state index in [2.05, 4.69) is 21.2 Å². The van der Waals surface area contributed by atoms with Crippen LogP contribution in [0, 0.1) is 0 Å². The summed E-state index contributed by atoms with van der Waals surface area (Å²) in [7, 11) is 1.67. The van der Waals surface area contributed by atoms with E-state index in [-0.39, 0.29) is 0 Å². The molecule has 1 aromatic rings. The van der Waals surface area contributed by atoms with Gasteiger partial charge in [-0.25, -0.2) is 0 Å². The second-order valence-corrected chi connectivity index (χ2v) is 4.48. The maximum Gasteiger partial charge on any atom is 0.0700 e. The number of nitrogens with two attached hydrogens (primary N) is 1. The van der Waals surface area contributed by atoms with Crippen LogP contribution in [0.2, 0.25) is 0 Å². The molecule has 0 aliphatic rings. The van der Waals surface area contributed by atoms with Gasteiger partial charge in [-0.2, -0.15) is 0 Å². The molecule has 1 aromatic carbocycles. The van der Waals surface area contributed by atoms with Gasteiger partial charge in [-0.15, -0.1) is 0 Å². The molecule has 5 heteroatoms. The summed E-state index contributed by atoms with van der Waals surface area (Å²) < 4.78 is 11.2. The molecule has 17 heavy (non-hydrogen) atoms. The fourth-order valence-corrected chi connectivity index (χ4v) is 1.85. The minimum atomic E-state index is 0.650. The Morgan fingerprint density at radius 2 is 2.12 bits per heavy atom. The van der Waals surface area contributed by atoms with Crippen LogP contribution in [0.1, 0.15) is 6.42 Å². The predicted molar refractivity (Wildman–Crippen MR) is 74.4 cm³/mol. The second kappa shape index (κ2) is 8.33. The normalized spacial score (nSPS) is 10.5. The Hall–Kier alpha value is -0.780. The zero-order chi connectivity index (χ0) is 12.5. The molecular weight excluding hydrogens is 284 g/mol. The number of ether oxygens (including phenoxy) is 2. The first-order valence-corrected chi connectivity index (χ1v) is 6.39. The molecular formula is C12H19BrN2O2. The maximum atomic E-state index is 5.66. The lowest BCUT2D eigenvalue weighted by Gasteiger charge is -2.09. The number of halogens is 1. The summed E-state index contributed by atoms with van der Waals surface area (Å²) in [5.41, 5.74) is 7.47. The molecule has 0 unspecified atom stereocenters. The van der Waals surface area contributed by atoms with Crippen LogP contribution in [0.3, 0.4) is 0 Å². The van der Waals surface area contributed by atoms with Crippen molar-refractivity contribution in [2.24, 2.45) is 0 Å². The summed E-state index contributed by atoms with van der Waals surface area (Å²) >= 11 is 3.46. The summed E-state index contributed by atoms with van der Waals surface area (Å²) in [6, 6.07) is 5.73. The molecule has 96 valence electrons. The van der Waals surface area contributed by atoms with Gasteiger partial charge in [-0.3, -0.25) is 0 Å². The molecule has 0 aromatic heterocycles. The average molecular weight is 303 g/mol. The number of hydrogen-bond acceptors (Lipinski definition) is 4. The third-order valence-corrected chi connectivity index (χ3v) is 2.86. The Labute approximate surface area is 111 Å². The fourth-order valence-electron chi connectivity index (χ4n) is 1.32. The van der Waals surface area contributed by atoms with Crippen molar-refractivity contribution in [2.75, 3.05) is 44.5 Å². The Bertz CT molecular complexity index is 334. The summed E-state index contributed by atoms with van der Waals surface area (Å²) in [4.78, 5) is 0. The average Bonchev–Trinajstić information content (AvgIpc) is 2.30. The molecule has 3 N–H and O–H groups in total. The van der Waals surface area contributed by atoms with Crippen molar-refractivity contribution < 1.29 is 9.47 Å². The minimum absolute atomic E-state index is 0.650. The summed E-state index contributed by atoms with van der Waals surface area (Å²) in [5, 5.41) is 3.32. The van der Waals surface area contributed by atoms with Crippen molar-refractivity contribution >= 4 is 27.3 Å². The molecule has 0 heterocycles. The molecule has 0 amide bonds. The van der Waals surface area contributed by atoms with Gasteiger partial charge in [0.2, 0.25) is 0 Å². The first-order chi connectivity index (χ1) is 8.24. The van der Waals surface area contributed by atoms with Gasteiger partial charge < -0.3 is 20.5 Å². The first kappa shape index (κ1) is 14.3. The summed E-state index contributed by atoms with van der Waals surface area (Å²) in [6.45, 7) is 2.91. The van der Waals surface area contributed by atoms with Crippen LogP contribution >= 0.6 is 15.9 Å². The van der Waals surface area contributed by atoms with E-state index < -0.39 is 0 Å². The molecule has 0 aliphatic carbocycles. The number of methoxy groups -OCH3 is 1. The maximum absolute atomic E-state index is 5.66. The number of nitrogen functional groups attached to an aromatic ring is 1. The van der Waals surface area contributed by atoms with Gasteiger partial charge in [-0.05, 0) is 40.5 Å². The van der Waals surface area contributed by atoms with Gasteiger partial charge in [0.15, 0.2) is 0 Å². The van der Waals surface area contributed by atoms with Crippen molar-refractivity contribution in [3.8, 4) is 0 Å². The van der Waals surface area contributed by atoms with Crippen molar-refractivity contribution in [3.05, 3.63) is 22.7 Å². The van der Waals surface area contributed by atoms with Crippen LogP contribution in [0.25, 0.3) is 0 Å². The van der Waals surface area contributed by atoms with Crippen molar-refractivity contribution in [3.63, 3.8) is 0 Å². The SMILES string of the molecule is COCCOCCCNc1ccc(N)cc1Br. The van der Waals surface area contributed by atoms with Crippen molar-refractivity contribution in [2.45, 2.75) is 6.42 Å². The lowest BCUT2D eigenvalue weighted by Crippen LogP contribution is -2.08. The lowest BCUT2D eigenvalue weighted by atomic mass is 10.3. The van der Waals surface area contributed by atoms with E-state index in [0.717, 1.165) is 35.4 Å². The quantitative estimate of drug-likeness (QED) is 0.572. The third-order valence-electron chi connectivity index (χ3n) is 2.21. The van der Waals surface area contributed by atoms with E-state index in [1.807, 2.05) is 18.2 Å². The van der Waals surface area contributed by atoms with E-state index >= 15 is 0 Å². The van der Waals surface area contributed by atoms with Crippen LogP contribution in [0.4, 0.5) is 11.4 Å². The molecule has 0 saturated carbocycles. The highest BCUT2D eigenvalue weighted by Gasteiger charge is 1.98. The van der Waals surface area contributed by atoms with Gasteiger partial charge in [0.25, 0.3) is 0 Å². The van der Waals surface area contributed by atoms with E-state index in [9.17, 15) is 0 Å². The van der Waals surface area contributed by atoms with E-state index in [1.54, 1.807) is 7.11 Å². The Morgan fingerprint density at radius 1 is 1.29 bits per heavy atom. The van der Waals surface area contributed by atoms with Gasteiger partial charge in [0, 0.05) is 36.1 Å². The van der Waals surface area contributed by atoms with Crippen molar-refractivity contribution in [1.82, 2.24) is 0 Å². The third kappa shape index (κ3) is 5.91. The Kier molecular flexibility index (Phi) is 7.00. The smallest absolute Gasteiger partial charge is 0.0700 e. The van der Waals surface area contributed by atoms with Crippen LogP contribution in [0.5, 0.6) is 0 Å². The number of anilines is 2.